The fraction of sp³-hybridized carbons (Fsp3) is 0.176. The molecule has 0 aliphatic rings. The molecule has 0 aliphatic carbocycles. The van der Waals surface area contributed by atoms with E-state index >= 15 is 0 Å². The van der Waals surface area contributed by atoms with Gasteiger partial charge in [-0.25, -0.2) is 4.98 Å². The third kappa shape index (κ3) is 3.31. The van der Waals surface area contributed by atoms with E-state index in [1.54, 1.807) is 11.8 Å². The molecule has 0 atom stereocenters. The molecule has 112 valence electrons. The Labute approximate surface area is 133 Å². The number of aromatic nitrogens is 2. The van der Waals surface area contributed by atoms with E-state index in [9.17, 15) is 4.79 Å². The molecule has 0 saturated carbocycles. The van der Waals surface area contributed by atoms with E-state index in [0.29, 0.717) is 11.5 Å². The molecule has 1 N–H and O–H groups in total. The van der Waals surface area contributed by atoms with Gasteiger partial charge in [0, 0.05) is 12.7 Å². The summed E-state index contributed by atoms with van der Waals surface area (Å²) in [6.07, 6.45) is 0. The van der Waals surface area contributed by atoms with Gasteiger partial charge in [-0.2, -0.15) is 0 Å². The highest BCUT2D eigenvalue weighted by molar-refractivity contribution is 7.99. The van der Waals surface area contributed by atoms with Crippen molar-refractivity contribution in [1.29, 1.82) is 0 Å². The Morgan fingerprint density at radius 3 is 2.64 bits per heavy atom. The first-order valence-electron chi connectivity index (χ1n) is 7.07. The number of anilines is 1. The molecule has 0 aliphatic heterocycles. The third-order valence-corrected chi connectivity index (χ3v) is 4.33. The van der Waals surface area contributed by atoms with Gasteiger partial charge in [0.15, 0.2) is 0 Å². The van der Waals surface area contributed by atoms with Crippen LogP contribution < -0.4 is 5.32 Å². The number of para-hydroxylation sites is 3. The summed E-state index contributed by atoms with van der Waals surface area (Å²) in [5, 5.41) is 2.88. The molecular weight excluding hydrogens is 294 g/mol. The topological polar surface area (TPSA) is 46.9 Å². The summed E-state index contributed by atoms with van der Waals surface area (Å²) in [4.78, 5) is 16.5. The van der Waals surface area contributed by atoms with E-state index in [1.807, 2.05) is 55.6 Å². The summed E-state index contributed by atoms with van der Waals surface area (Å²) in [6.45, 7) is 0. The number of nitrogens with zero attached hydrogens (tertiary/aromatic N) is 2. The Kier molecular flexibility index (Phi) is 4.44. The van der Waals surface area contributed by atoms with Gasteiger partial charge >= 0.3 is 0 Å². The molecule has 0 unspecified atom stereocenters. The Bertz CT molecular complexity index is 783. The molecule has 4 nitrogen and oxygen atoms in total. The normalized spacial score (nSPS) is 10.8. The van der Waals surface area contributed by atoms with Crippen LogP contribution in [0.15, 0.2) is 54.6 Å². The predicted octanol–water partition coefficient (Wildman–Crippen LogP) is 3.45. The second-order valence-corrected chi connectivity index (χ2v) is 5.97. The fourth-order valence-corrected chi connectivity index (χ4v) is 3.08. The molecule has 1 amide bonds. The SMILES string of the molecule is Cn1c(CSCC(=O)Nc2ccccc2)nc2ccccc21. The number of amides is 1. The van der Waals surface area contributed by atoms with Crippen LogP contribution in [0.4, 0.5) is 5.69 Å². The number of hydrogen-bond donors (Lipinski definition) is 1. The largest absolute Gasteiger partial charge is 0.330 e. The minimum Gasteiger partial charge on any atom is -0.330 e. The zero-order valence-corrected chi connectivity index (χ0v) is 13.1. The minimum absolute atomic E-state index is 0.00923. The van der Waals surface area contributed by atoms with Crippen LogP contribution >= 0.6 is 11.8 Å². The van der Waals surface area contributed by atoms with Crippen molar-refractivity contribution in [3.63, 3.8) is 0 Å². The highest BCUT2D eigenvalue weighted by atomic mass is 32.2. The number of thioether (sulfide) groups is 1. The van der Waals surface area contributed by atoms with Gasteiger partial charge in [-0.05, 0) is 24.3 Å². The van der Waals surface area contributed by atoms with Crippen molar-refractivity contribution in [2.75, 3.05) is 11.1 Å². The van der Waals surface area contributed by atoms with Crippen molar-refractivity contribution >= 4 is 34.4 Å². The lowest BCUT2D eigenvalue weighted by molar-refractivity contribution is -0.113. The number of aryl methyl sites for hydroxylation is 1. The summed E-state index contributed by atoms with van der Waals surface area (Å²) in [5.41, 5.74) is 2.94. The summed E-state index contributed by atoms with van der Waals surface area (Å²) in [5.74, 6) is 2.12. The van der Waals surface area contributed by atoms with Crippen LogP contribution in [0.25, 0.3) is 11.0 Å². The molecule has 0 bridgehead atoms. The van der Waals surface area contributed by atoms with Crippen molar-refractivity contribution in [2.45, 2.75) is 5.75 Å². The Morgan fingerprint density at radius 2 is 1.86 bits per heavy atom. The molecule has 2 aromatic carbocycles. The van der Waals surface area contributed by atoms with E-state index < -0.39 is 0 Å². The summed E-state index contributed by atoms with van der Waals surface area (Å²) in [6, 6.07) is 17.6. The first-order chi connectivity index (χ1) is 10.7. The standard InChI is InChI=1S/C17H17N3OS/c1-20-15-10-6-5-9-14(15)19-16(20)11-22-12-17(21)18-13-7-3-2-4-8-13/h2-10H,11-12H2,1H3,(H,18,21). The molecule has 0 fully saturated rings. The lowest BCUT2D eigenvalue weighted by atomic mass is 10.3. The van der Waals surface area contributed by atoms with Gasteiger partial charge in [-0.3, -0.25) is 4.79 Å². The molecular formula is C17H17N3OS. The number of carbonyl (C=O) groups is 1. The number of rotatable bonds is 5. The Balaban J connectivity index is 1.56. The number of imidazole rings is 1. The second-order valence-electron chi connectivity index (χ2n) is 4.98. The molecule has 0 spiro atoms. The van der Waals surface area contributed by atoms with Crippen LogP contribution in [0.1, 0.15) is 5.82 Å². The number of carbonyl (C=O) groups excluding carboxylic acids is 1. The maximum absolute atomic E-state index is 11.9. The molecule has 0 saturated heterocycles. The van der Waals surface area contributed by atoms with Crippen LogP contribution in [0.5, 0.6) is 0 Å². The minimum atomic E-state index is 0.00923. The van der Waals surface area contributed by atoms with E-state index in [2.05, 4.69) is 20.9 Å². The van der Waals surface area contributed by atoms with Crippen LogP contribution in [0.2, 0.25) is 0 Å². The van der Waals surface area contributed by atoms with E-state index in [0.717, 1.165) is 22.5 Å². The molecule has 3 aromatic rings. The smallest absolute Gasteiger partial charge is 0.234 e. The zero-order valence-electron chi connectivity index (χ0n) is 12.3. The van der Waals surface area contributed by atoms with Gasteiger partial charge in [0.05, 0.1) is 22.5 Å². The van der Waals surface area contributed by atoms with Crippen molar-refractivity contribution in [3.8, 4) is 0 Å². The number of nitrogens with one attached hydrogen (secondary N) is 1. The molecule has 1 aromatic heterocycles. The maximum atomic E-state index is 11.9. The average molecular weight is 311 g/mol. The van der Waals surface area contributed by atoms with Crippen LogP contribution in [0.3, 0.4) is 0 Å². The van der Waals surface area contributed by atoms with Crippen molar-refractivity contribution < 1.29 is 4.79 Å². The molecule has 3 rings (SSSR count). The molecule has 22 heavy (non-hydrogen) atoms. The fourth-order valence-electron chi connectivity index (χ4n) is 2.28. The summed E-state index contributed by atoms with van der Waals surface area (Å²) < 4.78 is 2.08. The number of fused-ring (bicyclic) bond motifs is 1. The lowest BCUT2D eigenvalue weighted by Gasteiger charge is -2.05. The second kappa shape index (κ2) is 6.66. The van der Waals surface area contributed by atoms with Crippen molar-refractivity contribution in [2.24, 2.45) is 7.05 Å². The zero-order chi connectivity index (χ0) is 15.4. The molecule has 1 heterocycles. The summed E-state index contributed by atoms with van der Waals surface area (Å²) in [7, 11) is 2.01. The van der Waals surface area contributed by atoms with E-state index in [-0.39, 0.29) is 5.91 Å². The highest BCUT2D eigenvalue weighted by Crippen LogP contribution is 2.18. The van der Waals surface area contributed by atoms with Gasteiger partial charge in [0.1, 0.15) is 5.82 Å². The lowest BCUT2D eigenvalue weighted by Crippen LogP contribution is -2.14. The van der Waals surface area contributed by atoms with Crippen molar-refractivity contribution in [1.82, 2.24) is 9.55 Å². The number of hydrogen-bond acceptors (Lipinski definition) is 3. The first-order valence-corrected chi connectivity index (χ1v) is 8.22. The summed E-state index contributed by atoms with van der Waals surface area (Å²) >= 11 is 1.57. The quantitative estimate of drug-likeness (QED) is 0.785. The third-order valence-electron chi connectivity index (χ3n) is 3.40. The van der Waals surface area contributed by atoms with Crippen LogP contribution in [0, 0.1) is 0 Å². The molecule has 5 heteroatoms. The monoisotopic (exact) mass is 311 g/mol. The Hall–Kier alpha value is -2.27. The average Bonchev–Trinajstić information content (AvgIpc) is 2.85. The first kappa shape index (κ1) is 14.7. The van der Waals surface area contributed by atoms with Gasteiger partial charge in [0.25, 0.3) is 0 Å². The maximum Gasteiger partial charge on any atom is 0.234 e. The van der Waals surface area contributed by atoms with Gasteiger partial charge < -0.3 is 9.88 Å². The van der Waals surface area contributed by atoms with Gasteiger partial charge in [-0.1, -0.05) is 30.3 Å². The molecule has 0 radical (unpaired) electrons. The highest BCUT2D eigenvalue weighted by Gasteiger charge is 2.08. The van der Waals surface area contributed by atoms with Crippen LogP contribution in [-0.2, 0) is 17.6 Å². The number of benzene rings is 2. The van der Waals surface area contributed by atoms with E-state index in [4.69, 9.17) is 0 Å². The van der Waals surface area contributed by atoms with Gasteiger partial charge in [0.2, 0.25) is 5.91 Å². The van der Waals surface area contributed by atoms with Gasteiger partial charge in [-0.15, -0.1) is 11.8 Å². The predicted molar refractivity (Wildman–Crippen MR) is 91.9 cm³/mol. The van der Waals surface area contributed by atoms with E-state index in [1.165, 1.54) is 0 Å². The van der Waals surface area contributed by atoms with Crippen LogP contribution in [-0.4, -0.2) is 21.2 Å². The Morgan fingerprint density at radius 1 is 1.14 bits per heavy atom. The van der Waals surface area contributed by atoms with Crippen molar-refractivity contribution in [3.05, 3.63) is 60.4 Å².